The number of hydrogen-bond acceptors (Lipinski definition) is 4. The molecule has 0 spiro atoms. The van der Waals surface area contributed by atoms with Crippen molar-refractivity contribution in [2.24, 2.45) is 15.4 Å². The van der Waals surface area contributed by atoms with Gasteiger partial charge in [0.2, 0.25) is 0 Å². The molecule has 6 aromatic carbocycles. The second-order valence-electron chi connectivity index (χ2n) is 12.4. The van der Waals surface area contributed by atoms with Gasteiger partial charge in [-0.15, -0.1) is 0 Å². The highest BCUT2D eigenvalue weighted by Crippen LogP contribution is 2.27. The summed E-state index contributed by atoms with van der Waals surface area (Å²) in [7, 11) is 0. The maximum Gasteiger partial charge on any atom is 0.119 e. The van der Waals surface area contributed by atoms with Gasteiger partial charge in [-0.05, 0) is 107 Å². The van der Waals surface area contributed by atoms with Gasteiger partial charge in [0.25, 0.3) is 0 Å². The van der Waals surface area contributed by atoms with Crippen molar-refractivity contribution in [3.8, 4) is 11.5 Å². The summed E-state index contributed by atoms with van der Waals surface area (Å²) in [6.07, 6.45) is 0. The Morgan fingerprint density at radius 2 is 0.735 bits per heavy atom. The van der Waals surface area contributed by atoms with E-state index in [1.54, 1.807) is 0 Å². The number of aliphatic imine (C=N–C) groups is 2. The van der Waals surface area contributed by atoms with Crippen molar-refractivity contribution in [3.63, 3.8) is 0 Å². The minimum atomic E-state index is -0.230. The van der Waals surface area contributed by atoms with Crippen molar-refractivity contribution in [2.75, 3.05) is 13.2 Å². The molecule has 0 aliphatic rings. The van der Waals surface area contributed by atoms with Gasteiger partial charge in [-0.25, -0.2) is 9.98 Å². The van der Waals surface area contributed by atoms with Gasteiger partial charge in [0.15, 0.2) is 0 Å². The number of benzene rings is 6. The third-order valence-electron chi connectivity index (χ3n) is 7.78. The Hall–Kier alpha value is -6.18. The summed E-state index contributed by atoms with van der Waals surface area (Å²) in [5.74, 6) is 8.16. The van der Waals surface area contributed by atoms with Gasteiger partial charge < -0.3 is 9.47 Å². The van der Waals surface area contributed by atoms with E-state index in [9.17, 15) is 0 Å². The summed E-state index contributed by atoms with van der Waals surface area (Å²) in [6.45, 7) is 5.28. The first-order valence-corrected chi connectivity index (χ1v) is 16.4. The Morgan fingerprint density at radius 3 is 1.08 bits per heavy atom. The molecule has 240 valence electrons. The molecule has 0 saturated heterocycles. The largest absolute Gasteiger partial charge is 0.493 e. The van der Waals surface area contributed by atoms with Crippen LogP contribution in [0.5, 0.6) is 11.5 Å². The molecule has 0 aliphatic carbocycles. The van der Waals surface area contributed by atoms with Crippen LogP contribution in [0, 0.1) is 5.41 Å². The van der Waals surface area contributed by atoms with Gasteiger partial charge in [0, 0.05) is 5.41 Å². The first kappa shape index (κ1) is 32.7. The van der Waals surface area contributed by atoms with Crippen LogP contribution in [0.15, 0.2) is 180 Å². The van der Waals surface area contributed by atoms with Crippen LogP contribution in [0.25, 0.3) is 11.1 Å². The summed E-state index contributed by atoms with van der Waals surface area (Å²) < 4.78 is 12.5. The summed E-state index contributed by atoms with van der Waals surface area (Å²) in [6, 6.07) is 56.3. The van der Waals surface area contributed by atoms with Gasteiger partial charge in [0.1, 0.15) is 11.5 Å². The van der Waals surface area contributed by atoms with Gasteiger partial charge >= 0.3 is 0 Å². The fourth-order valence-electron chi connectivity index (χ4n) is 5.08. The molecule has 6 aromatic rings. The van der Waals surface area contributed by atoms with E-state index in [0.29, 0.717) is 13.2 Å². The fourth-order valence-corrected chi connectivity index (χ4v) is 5.08. The summed E-state index contributed by atoms with van der Waals surface area (Å²) >= 11 is 0. The average Bonchev–Trinajstić information content (AvgIpc) is 3.16. The standard InChI is InChI=1S/C45H38N2O2/c1-45(2,33-48-41-27-23-37(24-28-41)43(35-15-7-3-8-16-35)31-46-39-19-11-5-12-20-39)34-49-42-29-25-38(26-30-42)44(36-17-9-4-10-18-36)32-47-40-21-13-6-14-22-40/h3-30H,33-34H2,1-2H3. The first-order chi connectivity index (χ1) is 24.0. The van der Waals surface area contributed by atoms with Crippen LogP contribution in [0.3, 0.4) is 0 Å². The third-order valence-corrected chi connectivity index (χ3v) is 7.78. The second-order valence-corrected chi connectivity index (χ2v) is 12.4. The van der Waals surface area contributed by atoms with Crippen molar-refractivity contribution in [1.29, 1.82) is 0 Å². The average molecular weight is 639 g/mol. The SMILES string of the molecule is CC(C)(COc1ccc(C(=C=Nc2ccccc2)c2ccccc2)cc1)COc1ccc(C(=C=Nc2ccccc2)c2ccccc2)cc1. The Kier molecular flexibility index (Phi) is 10.8. The Balaban J connectivity index is 1.10. The number of ether oxygens (including phenoxy) is 2. The second kappa shape index (κ2) is 16.1. The normalized spacial score (nSPS) is 10.7. The van der Waals surface area contributed by atoms with E-state index < -0.39 is 0 Å². The minimum absolute atomic E-state index is 0.230. The Morgan fingerprint density at radius 1 is 0.429 bits per heavy atom. The highest BCUT2D eigenvalue weighted by Gasteiger charge is 2.21. The van der Waals surface area contributed by atoms with Crippen LogP contribution in [0.4, 0.5) is 11.4 Å². The van der Waals surface area contributed by atoms with Crippen molar-refractivity contribution in [3.05, 3.63) is 192 Å². The maximum atomic E-state index is 6.24. The highest BCUT2D eigenvalue weighted by atomic mass is 16.5. The molecule has 4 nitrogen and oxygen atoms in total. The summed E-state index contributed by atoms with van der Waals surface area (Å²) in [5.41, 5.74) is 7.46. The number of nitrogens with zero attached hydrogens (tertiary/aromatic N) is 2. The van der Waals surface area contributed by atoms with E-state index in [1.807, 2.05) is 121 Å². The molecule has 49 heavy (non-hydrogen) atoms. The molecule has 0 atom stereocenters. The maximum absolute atomic E-state index is 6.24. The molecule has 0 aliphatic heterocycles. The van der Waals surface area contributed by atoms with Gasteiger partial charge in [-0.1, -0.05) is 111 Å². The minimum Gasteiger partial charge on any atom is -0.493 e. The van der Waals surface area contributed by atoms with Crippen LogP contribution in [-0.2, 0) is 0 Å². The van der Waals surface area contributed by atoms with Crippen molar-refractivity contribution >= 4 is 34.3 Å². The fraction of sp³-hybridized carbons (Fsp3) is 0.111. The molecule has 0 amide bonds. The lowest BCUT2D eigenvalue weighted by Crippen LogP contribution is -2.28. The lowest BCUT2D eigenvalue weighted by molar-refractivity contribution is 0.110. The Bertz CT molecular complexity index is 1910. The molecule has 0 radical (unpaired) electrons. The van der Waals surface area contributed by atoms with E-state index >= 15 is 0 Å². The van der Waals surface area contributed by atoms with Crippen LogP contribution < -0.4 is 9.47 Å². The zero-order valence-corrected chi connectivity index (χ0v) is 27.8. The summed E-state index contributed by atoms with van der Waals surface area (Å²) in [5, 5.41) is 0. The van der Waals surface area contributed by atoms with Crippen LogP contribution >= 0.6 is 0 Å². The molecule has 0 N–H and O–H groups in total. The lowest BCUT2D eigenvalue weighted by Gasteiger charge is -2.25. The molecule has 0 heterocycles. The molecule has 6 rings (SSSR count). The van der Waals surface area contributed by atoms with E-state index in [4.69, 9.17) is 9.47 Å². The Labute approximate surface area is 289 Å². The van der Waals surface area contributed by atoms with Crippen molar-refractivity contribution in [2.45, 2.75) is 13.8 Å². The zero-order valence-electron chi connectivity index (χ0n) is 27.8. The van der Waals surface area contributed by atoms with E-state index in [2.05, 4.69) is 84.1 Å². The molecule has 0 unspecified atom stereocenters. The molecular weight excluding hydrogens is 601 g/mol. The molecule has 0 saturated carbocycles. The smallest absolute Gasteiger partial charge is 0.119 e. The van der Waals surface area contributed by atoms with E-state index in [0.717, 1.165) is 56.3 Å². The van der Waals surface area contributed by atoms with Crippen molar-refractivity contribution < 1.29 is 9.47 Å². The van der Waals surface area contributed by atoms with E-state index in [-0.39, 0.29) is 5.41 Å². The highest BCUT2D eigenvalue weighted by molar-refractivity contribution is 6.00. The summed E-state index contributed by atoms with van der Waals surface area (Å²) in [4.78, 5) is 9.20. The first-order valence-electron chi connectivity index (χ1n) is 16.4. The van der Waals surface area contributed by atoms with Crippen LogP contribution in [0.2, 0.25) is 0 Å². The molecule has 0 fully saturated rings. The molecule has 0 aromatic heterocycles. The number of hydrogen-bond donors (Lipinski definition) is 0. The van der Waals surface area contributed by atoms with E-state index in [1.165, 1.54) is 0 Å². The molecule has 0 bridgehead atoms. The number of rotatable bonds is 12. The predicted molar refractivity (Wildman–Crippen MR) is 203 cm³/mol. The lowest BCUT2D eigenvalue weighted by atomic mass is 9.96. The zero-order chi connectivity index (χ0) is 33.7. The monoisotopic (exact) mass is 638 g/mol. The van der Waals surface area contributed by atoms with Gasteiger partial charge in [-0.3, -0.25) is 0 Å². The van der Waals surface area contributed by atoms with Gasteiger partial charge in [-0.2, -0.15) is 0 Å². The third kappa shape index (κ3) is 9.44. The molecule has 4 heteroatoms. The quantitative estimate of drug-likeness (QED) is 0.125. The van der Waals surface area contributed by atoms with Crippen LogP contribution in [0.1, 0.15) is 36.1 Å². The van der Waals surface area contributed by atoms with Crippen LogP contribution in [-0.4, -0.2) is 25.0 Å². The molecular formula is C45H38N2O2. The topological polar surface area (TPSA) is 43.2 Å². The number of para-hydroxylation sites is 2. The predicted octanol–water partition coefficient (Wildman–Crippen LogP) is 11.0. The van der Waals surface area contributed by atoms with Gasteiger partial charge in [0.05, 0.1) is 35.7 Å². The van der Waals surface area contributed by atoms with Crippen molar-refractivity contribution in [1.82, 2.24) is 0 Å².